The van der Waals surface area contributed by atoms with E-state index in [0.717, 1.165) is 0 Å². The van der Waals surface area contributed by atoms with Crippen molar-refractivity contribution >= 4 is 5.97 Å². The molecule has 3 nitrogen and oxygen atoms in total. The van der Waals surface area contributed by atoms with Crippen molar-refractivity contribution in [3.63, 3.8) is 0 Å². The van der Waals surface area contributed by atoms with Gasteiger partial charge in [-0.15, -0.1) is 0 Å². The minimum Gasteiger partial charge on any atom is -0.478 e. The smallest absolute Gasteiger partial charge is 0.335 e. The van der Waals surface area contributed by atoms with Crippen molar-refractivity contribution in [2.75, 3.05) is 0 Å². The maximum atomic E-state index is 13.5. The van der Waals surface area contributed by atoms with Crippen LogP contribution in [0.4, 0.5) is 4.39 Å². The van der Waals surface area contributed by atoms with Crippen LogP contribution in [0, 0.1) is 11.7 Å². The molecule has 1 fully saturated rings. The average Bonchev–Trinajstić information content (AvgIpc) is 3.11. The van der Waals surface area contributed by atoms with Gasteiger partial charge >= 0.3 is 5.97 Å². The Morgan fingerprint density at radius 3 is 2.88 bits per heavy atom. The molecule has 0 bridgehead atoms. The molecule has 2 rings (SSSR count). The van der Waals surface area contributed by atoms with Crippen LogP contribution in [0.15, 0.2) is 18.2 Å². The highest BCUT2D eigenvalue weighted by molar-refractivity contribution is 5.87. The Balaban J connectivity index is 2.02. The molecule has 0 heterocycles. The Labute approximate surface area is 99.7 Å². The summed E-state index contributed by atoms with van der Waals surface area (Å²) in [5.41, 5.74) is 0.541. The number of carbonyl (C=O) groups is 1. The monoisotopic (exact) mass is 237 g/mol. The van der Waals surface area contributed by atoms with E-state index in [0.29, 0.717) is 24.1 Å². The average molecular weight is 237 g/mol. The number of carboxylic acids is 1. The highest BCUT2D eigenvalue weighted by Gasteiger charge is 2.27. The summed E-state index contributed by atoms with van der Waals surface area (Å²) in [6.45, 7) is 2.46. The van der Waals surface area contributed by atoms with Gasteiger partial charge in [-0.05, 0) is 43.9 Å². The highest BCUT2D eigenvalue weighted by atomic mass is 19.1. The van der Waals surface area contributed by atoms with E-state index in [1.54, 1.807) is 0 Å². The van der Waals surface area contributed by atoms with Gasteiger partial charge in [0.05, 0.1) is 5.56 Å². The SMILES string of the molecule is CC(NCc1cc(C(=O)O)ccc1F)C1CC1. The van der Waals surface area contributed by atoms with Crippen molar-refractivity contribution in [1.82, 2.24) is 5.32 Å². The molecular formula is C13H16FNO2. The molecule has 92 valence electrons. The maximum absolute atomic E-state index is 13.5. The minimum absolute atomic E-state index is 0.127. The summed E-state index contributed by atoms with van der Waals surface area (Å²) in [4.78, 5) is 10.8. The van der Waals surface area contributed by atoms with E-state index >= 15 is 0 Å². The Hall–Kier alpha value is -1.42. The summed E-state index contributed by atoms with van der Waals surface area (Å²) in [5.74, 6) is -0.687. The minimum atomic E-state index is -1.03. The maximum Gasteiger partial charge on any atom is 0.335 e. The lowest BCUT2D eigenvalue weighted by atomic mass is 10.1. The van der Waals surface area contributed by atoms with E-state index in [2.05, 4.69) is 12.2 Å². The summed E-state index contributed by atoms with van der Waals surface area (Å²) in [7, 11) is 0. The number of halogens is 1. The first-order chi connectivity index (χ1) is 8.08. The zero-order valence-electron chi connectivity index (χ0n) is 9.74. The van der Waals surface area contributed by atoms with E-state index in [1.807, 2.05) is 0 Å². The fraction of sp³-hybridized carbons (Fsp3) is 0.462. The van der Waals surface area contributed by atoms with Crippen molar-refractivity contribution in [3.8, 4) is 0 Å². The Morgan fingerprint density at radius 2 is 2.29 bits per heavy atom. The number of rotatable bonds is 5. The Kier molecular flexibility index (Phi) is 3.43. The Morgan fingerprint density at radius 1 is 1.59 bits per heavy atom. The van der Waals surface area contributed by atoms with Crippen LogP contribution in [-0.4, -0.2) is 17.1 Å². The fourth-order valence-corrected chi connectivity index (χ4v) is 1.88. The third-order valence-corrected chi connectivity index (χ3v) is 3.24. The topological polar surface area (TPSA) is 49.3 Å². The number of nitrogens with one attached hydrogen (secondary N) is 1. The second-order valence-electron chi connectivity index (χ2n) is 4.62. The van der Waals surface area contributed by atoms with Gasteiger partial charge in [-0.1, -0.05) is 0 Å². The normalized spacial score (nSPS) is 16.8. The van der Waals surface area contributed by atoms with Gasteiger partial charge in [-0.25, -0.2) is 9.18 Å². The van der Waals surface area contributed by atoms with E-state index in [-0.39, 0.29) is 11.4 Å². The van der Waals surface area contributed by atoms with E-state index in [4.69, 9.17) is 5.11 Å². The molecule has 0 amide bonds. The first-order valence-electron chi connectivity index (χ1n) is 5.83. The lowest BCUT2D eigenvalue weighted by molar-refractivity contribution is 0.0696. The molecule has 0 saturated heterocycles. The van der Waals surface area contributed by atoms with Crippen LogP contribution in [0.2, 0.25) is 0 Å². The third kappa shape index (κ3) is 3.03. The van der Waals surface area contributed by atoms with Crippen LogP contribution in [-0.2, 0) is 6.54 Å². The molecule has 1 unspecified atom stereocenters. The molecule has 17 heavy (non-hydrogen) atoms. The largest absolute Gasteiger partial charge is 0.478 e. The van der Waals surface area contributed by atoms with E-state index in [9.17, 15) is 9.18 Å². The quantitative estimate of drug-likeness (QED) is 0.826. The number of aromatic carboxylic acids is 1. The van der Waals surface area contributed by atoms with Crippen molar-refractivity contribution in [1.29, 1.82) is 0 Å². The Bertz CT molecular complexity index is 429. The molecular weight excluding hydrogens is 221 g/mol. The predicted molar refractivity (Wildman–Crippen MR) is 62.4 cm³/mol. The van der Waals surface area contributed by atoms with Crippen LogP contribution in [0.25, 0.3) is 0 Å². The van der Waals surface area contributed by atoms with E-state index in [1.165, 1.54) is 31.0 Å². The fourth-order valence-electron chi connectivity index (χ4n) is 1.88. The summed E-state index contributed by atoms with van der Waals surface area (Å²) in [6, 6.07) is 4.25. The molecule has 0 aliphatic heterocycles. The lowest BCUT2D eigenvalue weighted by Gasteiger charge is -2.13. The molecule has 0 spiro atoms. The summed E-state index contributed by atoms with van der Waals surface area (Å²) < 4.78 is 13.5. The van der Waals surface area contributed by atoms with Gasteiger partial charge in [0.1, 0.15) is 5.82 Å². The number of carboxylic acid groups (broad SMARTS) is 1. The number of hydrogen-bond acceptors (Lipinski definition) is 2. The molecule has 0 radical (unpaired) electrons. The predicted octanol–water partition coefficient (Wildman–Crippen LogP) is 2.41. The number of hydrogen-bond donors (Lipinski definition) is 2. The molecule has 1 aliphatic rings. The molecule has 0 aromatic heterocycles. The summed E-state index contributed by atoms with van der Waals surface area (Å²) in [6.07, 6.45) is 2.46. The molecule has 1 saturated carbocycles. The van der Waals surface area contributed by atoms with Gasteiger partial charge in [-0.2, -0.15) is 0 Å². The zero-order chi connectivity index (χ0) is 12.4. The lowest BCUT2D eigenvalue weighted by Crippen LogP contribution is -2.27. The van der Waals surface area contributed by atoms with Gasteiger partial charge in [0.25, 0.3) is 0 Å². The van der Waals surface area contributed by atoms with Gasteiger partial charge in [-0.3, -0.25) is 0 Å². The van der Waals surface area contributed by atoms with Crippen LogP contribution >= 0.6 is 0 Å². The van der Waals surface area contributed by atoms with Gasteiger partial charge < -0.3 is 10.4 Å². The van der Waals surface area contributed by atoms with Crippen LogP contribution in [0.5, 0.6) is 0 Å². The van der Waals surface area contributed by atoms with Gasteiger partial charge in [0.2, 0.25) is 0 Å². The molecule has 1 aliphatic carbocycles. The number of benzene rings is 1. The van der Waals surface area contributed by atoms with Crippen LogP contribution in [0.1, 0.15) is 35.7 Å². The molecule has 1 aromatic carbocycles. The van der Waals surface area contributed by atoms with Crippen LogP contribution < -0.4 is 5.32 Å². The van der Waals surface area contributed by atoms with E-state index < -0.39 is 5.97 Å². The first kappa shape index (κ1) is 12.0. The van der Waals surface area contributed by atoms with Crippen molar-refractivity contribution in [2.24, 2.45) is 5.92 Å². The molecule has 1 atom stereocenters. The third-order valence-electron chi connectivity index (χ3n) is 3.24. The van der Waals surface area contributed by atoms with Gasteiger partial charge in [0, 0.05) is 18.2 Å². The second-order valence-corrected chi connectivity index (χ2v) is 4.62. The van der Waals surface area contributed by atoms with Crippen LogP contribution in [0.3, 0.4) is 0 Å². The summed E-state index contributed by atoms with van der Waals surface area (Å²) in [5, 5.41) is 12.1. The second kappa shape index (κ2) is 4.84. The van der Waals surface area contributed by atoms with Crippen molar-refractivity contribution < 1.29 is 14.3 Å². The molecule has 2 N–H and O–H groups in total. The van der Waals surface area contributed by atoms with Crippen molar-refractivity contribution in [3.05, 3.63) is 35.1 Å². The zero-order valence-corrected chi connectivity index (χ0v) is 9.74. The van der Waals surface area contributed by atoms with Crippen molar-refractivity contribution in [2.45, 2.75) is 32.4 Å². The standard InChI is InChI=1S/C13H16FNO2/c1-8(9-2-3-9)15-7-11-6-10(13(16)17)4-5-12(11)14/h4-6,8-9,15H,2-3,7H2,1H3,(H,16,17). The highest BCUT2D eigenvalue weighted by Crippen LogP contribution is 2.32. The van der Waals surface area contributed by atoms with Gasteiger partial charge in [0.15, 0.2) is 0 Å². The first-order valence-corrected chi connectivity index (χ1v) is 5.83. The molecule has 1 aromatic rings. The summed E-state index contributed by atoms with van der Waals surface area (Å²) >= 11 is 0. The molecule has 4 heteroatoms.